The number of aryl methyl sites for hydroxylation is 1. The molecule has 0 N–H and O–H groups in total. The number of amides is 1. The molecule has 0 saturated carbocycles. The minimum absolute atomic E-state index is 0.177. The molecule has 0 unspecified atom stereocenters. The van der Waals surface area contributed by atoms with Gasteiger partial charge in [0.2, 0.25) is 0 Å². The average molecular weight is 435 g/mol. The van der Waals surface area contributed by atoms with Crippen molar-refractivity contribution < 1.29 is 17.6 Å². The first-order valence-corrected chi connectivity index (χ1v) is 11.9. The van der Waals surface area contributed by atoms with E-state index in [1.165, 1.54) is 16.4 Å². The number of hydrogen-bond acceptors (Lipinski definition) is 4. The quantitative estimate of drug-likeness (QED) is 0.744. The van der Waals surface area contributed by atoms with Gasteiger partial charge in [0.1, 0.15) is 5.82 Å². The first kappa shape index (κ1) is 21.1. The van der Waals surface area contributed by atoms with E-state index in [2.05, 4.69) is 4.98 Å². The molecule has 162 valence electrons. The van der Waals surface area contributed by atoms with Crippen molar-refractivity contribution >= 4 is 27.0 Å². The predicted molar refractivity (Wildman–Crippen MR) is 113 cm³/mol. The number of rotatable bonds is 3. The lowest BCUT2D eigenvalue weighted by Gasteiger charge is -2.36. The van der Waals surface area contributed by atoms with Crippen LogP contribution < -0.4 is 0 Å². The van der Waals surface area contributed by atoms with Crippen molar-refractivity contribution in [2.75, 3.05) is 39.3 Å². The molecule has 2 aromatic rings. The molecule has 0 bridgehead atoms. The summed E-state index contributed by atoms with van der Waals surface area (Å²) in [5.41, 5.74) is 1.56. The lowest BCUT2D eigenvalue weighted by atomic mass is 10.1. The van der Waals surface area contributed by atoms with E-state index in [0.717, 1.165) is 25.7 Å². The molecule has 0 aliphatic carbocycles. The van der Waals surface area contributed by atoms with Gasteiger partial charge in [0.05, 0.1) is 11.1 Å². The topological polar surface area (TPSA) is 73.8 Å². The third kappa shape index (κ3) is 4.19. The fourth-order valence-corrected chi connectivity index (χ4v) is 5.91. The number of carbonyl (C=O) groups is 1. The van der Waals surface area contributed by atoms with Gasteiger partial charge in [-0.25, -0.2) is 4.39 Å². The number of nitrogens with zero attached hydrogens (tertiary/aromatic N) is 4. The monoisotopic (exact) mass is 434 g/mol. The summed E-state index contributed by atoms with van der Waals surface area (Å²) < 4.78 is 42.7. The van der Waals surface area contributed by atoms with Gasteiger partial charge in [-0.1, -0.05) is 12.8 Å². The Kier molecular flexibility index (Phi) is 6.04. The third-order valence-electron chi connectivity index (χ3n) is 5.87. The first-order valence-electron chi connectivity index (χ1n) is 10.5. The molecule has 4 rings (SSSR count). The maximum Gasteiger partial charge on any atom is 0.282 e. The standard InChI is InChI=1S/C21H27FN4O3S/c1-16-14-19(18-7-6-17(22)15-20(18)23-16)21(27)24-10-12-26(13-11-24)30(28,29)25-8-4-2-3-5-9-25/h6-7,14-15H,2-5,8-13H2,1H3. The van der Waals surface area contributed by atoms with Crippen LogP contribution in [-0.4, -0.2) is 72.1 Å². The van der Waals surface area contributed by atoms with Gasteiger partial charge in [-0.05, 0) is 38.0 Å². The minimum Gasteiger partial charge on any atom is -0.336 e. The van der Waals surface area contributed by atoms with Crippen LogP contribution >= 0.6 is 0 Å². The highest BCUT2D eigenvalue weighted by Crippen LogP contribution is 2.23. The fourth-order valence-electron chi connectivity index (χ4n) is 4.24. The minimum atomic E-state index is -3.49. The van der Waals surface area contributed by atoms with Crippen molar-refractivity contribution in [3.05, 3.63) is 41.3 Å². The molecule has 1 aromatic carbocycles. The summed E-state index contributed by atoms with van der Waals surface area (Å²) in [4.78, 5) is 19.2. The van der Waals surface area contributed by atoms with Crippen LogP contribution in [0.3, 0.4) is 0 Å². The molecular weight excluding hydrogens is 407 g/mol. The number of halogens is 1. The Hall–Kier alpha value is -2.10. The van der Waals surface area contributed by atoms with E-state index in [9.17, 15) is 17.6 Å². The number of benzene rings is 1. The molecule has 2 aliphatic rings. The molecule has 0 radical (unpaired) electrons. The molecule has 9 heteroatoms. The predicted octanol–water partition coefficient (Wildman–Crippen LogP) is 2.56. The van der Waals surface area contributed by atoms with Crippen LogP contribution in [0.5, 0.6) is 0 Å². The summed E-state index contributed by atoms with van der Waals surface area (Å²) in [6.07, 6.45) is 3.93. The Morgan fingerprint density at radius 1 is 0.933 bits per heavy atom. The van der Waals surface area contributed by atoms with Gasteiger partial charge in [0.15, 0.2) is 0 Å². The normalized spacial score (nSPS) is 19.7. The second-order valence-corrected chi connectivity index (χ2v) is 9.91. The van der Waals surface area contributed by atoms with E-state index in [1.807, 2.05) is 0 Å². The number of aromatic nitrogens is 1. The van der Waals surface area contributed by atoms with E-state index < -0.39 is 16.0 Å². The van der Waals surface area contributed by atoms with Crippen molar-refractivity contribution in [2.45, 2.75) is 32.6 Å². The summed E-state index contributed by atoms with van der Waals surface area (Å²) in [7, 11) is -3.49. The zero-order chi connectivity index (χ0) is 21.3. The van der Waals surface area contributed by atoms with Crippen molar-refractivity contribution in [3.8, 4) is 0 Å². The smallest absolute Gasteiger partial charge is 0.282 e. The average Bonchev–Trinajstić information content (AvgIpc) is 3.02. The summed E-state index contributed by atoms with van der Waals surface area (Å²) in [5.74, 6) is -0.574. The van der Waals surface area contributed by atoms with Gasteiger partial charge < -0.3 is 4.90 Å². The Morgan fingerprint density at radius 2 is 1.57 bits per heavy atom. The third-order valence-corrected chi connectivity index (χ3v) is 7.91. The second kappa shape index (κ2) is 8.56. The number of pyridine rings is 1. The largest absolute Gasteiger partial charge is 0.336 e. The van der Waals surface area contributed by atoms with E-state index in [1.54, 1.807) is 28.3 Å². The summed E-state index contributed by atoms with van der Waals surface area (Å²) in [6, 6.07) is 5.93. The molecule has 2 saturated heterocycles. The molecule has 7 nitrogen and oxygen atoms in total. The Bertz CT molecular complexity index is 1040. The first-order chi connectivity index (χ1) is 14.4. The Labute approximate surface area is 176 Å². The SMILES string of the molecule is Cc1cc(C(=O)N2CCN(S(=O)(=O)N3CCCCCC3)CC2)c2ccc(F)cc2n1. The fraction of sp³-hybridized carbons (Fsp3) is 0.524. The van der Waals surface area contributed by atoms with Gasteiger partial charge in [-0.3, -0.25) is 9.78 Å². The highest BCUT2D eigenvalue weighted by molar-refractivity contribution is 7.86. The van der Waals surface area contributed by atoms with Gasteiger partial charge in [-0.15, -0.1) is 0 Å². The maximum atomic E-state index is 13.6. The maximum absolute atomic E-state index is 13.6. The van der Waals surface area contributed by atoms with Crippen LogP contribution in [0.1, 0.15) is 41.7 Å². The molecule has 30 heavy (non-hydrogen) atoms. The van der Waals surface area contributed by atoms with E-state index in [4.69, 9.17) is 0 Å². The zero-order valence-electron chi connectivity index (χ0n) is 17.2. The van der Waals surface area contributed by atoms with Crippen LogP contribution in [0.2, 0.25) is 0 Å². The number of piperazine rings is 1. The molecule has 3 heterocycles. The Morgan fingerprint density at radius 3 is 2.23 bits per heavy atom. The number of fused-ring (bicyclic) bond motifs is 1. The van der Waals surface area contributed by atoms with Gasteiger partial charge in [0.25, 0.3) is 16.1 Å². The number of carbonyl (C=O) groups excluding carboxylic acids is 1. The van der Waals surface area contributed by atoms with E-state index in [0.29, 0.717) is 48.3 Å². The lowest BCUT2D eigenvalue weighted by Crippen LogP contribution is -2.54. The zero-order valence-corrected chi connectivity index (χ0v) is 18.0. The van der Waals surface area contributed by atoms with Gasteiger partial charge >= 0.3 is 0 Å². The highest BCUT2D eigenvalue weighted by Gasteiger charge is 2.34. The van der Waals surface area contributed by atoms with Crippen LogP contribution in [0, 0.1) is 12.7 Å². The molecular formula is C21H27FN4O3S. The molecule has 1 amide bonds. The number of hydrogen-bond donors (Lipinski definition) is 0. The summed E-state index contributed by atoms with van der Waals surface area (Å²) in [6.45, 7) is 4.13. The second-order valence-electron chi connectivity index (χ2n) is 7.98. The van der Waals surface area contributed by atoms with Gasteiger partial charge in [-0.2, -0.15) is 17.0 Å². The van der Waals surface area contributed by atoms with Crippen molar-refractivity contribution in [1.29, 1.82) is 0 Å². The molecule has 2 fully saturated rings. The van der Waals surface area contributed by atoms with Crippen LogP contribution in [-0.2, 0) is 10.2 Å². The van der Waals surface area contributed by atoms with E-state index in [-0.39, 0.29) is 19.0 Å². The Balaban J connectivity index is 1.49. The summed E-state index contributed by atoms with van der Waals surface area (Å²) >= 11 is 0. The molecule has 2 aliphatic heterocycles. The summed E-state index contributed by atoms with van der Waals surface area (Å²) in [5, 5.41) is 0.603. The van der Waals surface area contributed by atoms with Gasteiger partial charge in [0, 0.05) is 56.4 Å². The molecule has 0 spiro atoms. The van der Waals surface area contributed by atoms with Crippen LogP contribution in [0.15, 0.2) is 24.3 Å². The van der Waals surface area contributed by atoms with Crippen molar-refractivity contribution in [2.24, 2.45) is 0 Å². The highest BCUT2D eigenvalue weighted by atomic mass is 32.2. The van der Waals surface area contributed by atoms with E-state index >= 15 is 0 Å². The van der Waals surface area contributed by atoms with Crippen LogP contribution in [0.25, 0.3) is 10.9 Å². The van der Waals surface area contributed by atoms with Crippen molar-refractivity contribution in [3.63, 3.8) is 0 Å². The lowest BCUT2D eigenvalue weighted by molar-refractivity contribution is 0.0696. The van der Waals surface area contributed by atoms with Crippen LogP contribution in [0.4, 0.5) is 4.39 Å². The van der Waals surface area contributed by atoms with Crippen molar-refractivity contribution in [1.82, 2.24) is 18.5 Å². The molecule has 1 aromatic heterocycles. The molecule has 0 atom stereocenters.